The Balaban J connectivity index is 2.26. The fourth-order valence-electron chi connectivity index (χ4n) is 1.53. The van der Waals surface area contributed by atoms with E-state index in [2.05, 4.69) is 41.6 Å². The van der Waals surface area contributed by atoms with Gasteiger partial charge in [-0.15, -0.1) is 0 Å². The molecule has 2 aromatic heterocycles. The minimum Gasteiger partial charge on any atom is -0.360 e. The maximum atomic E-state index is 6.11. The number of ether oxygens (including phenoxy) is 1. The van der Waals surface area contributed by atoms with E-state index in [0.29, 0.717) is 17.0 Å². The van der Waals surface area contributed by atoms with Gasteiger partial charge in [0.1, 0.15) is 6.73 Å². The largest absolute Gasteiger partial charge is 0.360 e. The number of nitrogens with zero attached hydrogens (tertiary/aromatic N) is 4. The SMILES string of the molecule is CSc1ncc2c(Cl)nn(COC(C)[Si](C)(C)C)c2n1. The Kier molecular flexibility index (Phi) is 4.73. The lowest BCUT2D eigenvalue weighted by molar-refractivity contribution is 0.0514. The highest BCUT2D eigenvalue weighted by molar-refractivity contribution is 7.98. The maximum Gasteiger partial charge on any atom is 0.189 e. The van der Waals surface area contributed by atoms with Crippen LogP contribution in [0.2, 0.25) is 24.8 Å². The van der Waals surface area contributed by atoms with Crippen molar-refractivity contribution >= 4 is 42.5 Å². The molecule has 0 saturated heterocycles. The zero-order valence-corrected chi connectivity index (χ0v) is 14.9. The summed E-state index contributed by atoms with van der Waals surface area (Å²) in [6.07, 6.45) is 3.65. The molecule has 2 heterocycles. The van der Waals surface area contributed by atoms with Gasteiger partial charge in [-0.2, -0.15) is 5.10 Å². The fourth-order valence-corrected chi connectivity index (χ4v) is 2.66. The van der Waals surface area contributed by atoms with E-state index in [9.17, 15) is 0 Å². The summed E-state index contributed by atoms with van der Waals surface area (Å²) in [5, 5.41) is 6.15. The van der Waals surface area contributed by atoms with Crippen LogP contribution in [0, 0.1) is 0 Å². The van der Waals surface area contributed by atoms with Gasteiger partial charge in [-0.1, -0.05) is 43.0 Å². The fraction of sp³-hybridized carbons (Fsp3) is 0.583. The standard InChI is InChI=1S/C12H19ClN4OSSi/c1-8(20(3,4)5)18-7-17-11-9(10(13)16-17)6-14-12(15-11)19-2/h6,8H,7H2,1-5H3. The van der Waals surface area contributed by atoms with E-state index >= 15 is 0 Å². The molecule has 0 aromatic carbocycles. The molecule has 0 amide bonds. The Hall–Kier alpha value is -0.633. The van der Waals surface area contributed by atoms with Gasteiger partial charge >= 0.3 is 0 Å². The van der Waals surface area contributed by atoms with E-state index in [4.69, 9.17) is 16.3 Å². The van der Waals surface area contributed by atoms with Gasteiger partial charge in [-0.25, -0.2) is 14.6 Å². The van der Waals surface area contributed by atoms with Crippen LogP contribution in [0.4, 0.5) is 0 Å². The van der Waals surface area contributed by atoms with E-state index in [1.807, 2.05) is 6.26 Å². The molecule has 0 aliphatic carbocycles. The van der Waals surface area contributed by atoms with E-state index in [1.165, 1.54) is 11.8 Å². The Morgan fingerprint density at radius 3 is 2.75 bits per heavy atom. The first-order chi connectivity index (χ1) is 9.32. The van der Waals surface area contributed by atoms with Gasteiger partial charge in [0.2, 0.25) is 0 Å². The molecule has 0 aliphatic rings. The number of hydrogen-bond donors (Lipinski definition) is 0. The highest BCUT2D eigenvalue weighted by Crippen LogP contribution is 2.23. The molecule has 20 heavy (non-hydrogen) atoms. The molecule has 110 valence electrons. The zero-order chi connectivity index (χ0) is 14.9. The van der Waals surface area contributed by atoms with Crippen LogP contribution in [-0.2, 0) is 11.5 Å². The average Bonchev–Trinajstić information content (AvgIpc) is 2.71. The summed E-state index contributed by atoms with van der Waals surface area (Å²) in [5.41, 5.74) is 0.958. The van der Waals surface area contributed by atoms with Crippen LogP contribution in [0.25, 0.3) is 11.0 Å². The van der Waals surface area contributed by atoms with Gasteiger partial charge in [0, 0.05) is 11.9 Å². The molecule has 5 nitrogen and oxygen atoms in total. The van der Waals surface area contributed by atoms with Crippen molar-refractivity contribution in [1.29, 1.82) is 0 Å². The topological polar surface area (TPSA) is 52.8 Å². The molecule has 0 spiro atoms. The van der Waals surface area contributed by atoms with Crippen molar-refractivity contribution in [1.82, 2.24) is 19.7 Å². The first-order valence-electron chi connectivity index (χ1n) is 6.37. The Morgan fingerprint density at radius 2 is 2.15 bits per heavy atom. The zero-order valence-electron chi connectivity index (χ0n) is 12.3. The summed E-state index contributed by atoms with van der Waals surface area (Å²) >= 11 is 7.60. The molecule has 0 N–H and O–H groups in total. The van der Waals surface area contributed by atoms with E-state index in [-0.39, 0.29) is 5.73 Å². The van der Waals surface area contributed by atoms with Gasteiger partial charge in [0.05, 0.1) is 13.5 Å². The number of hydrogen-bond acceptors (Lipinski definition) is 5. The van der Waals surface area contributed by atoms with Crippen molar-refractivity contribution in [3.63, 3.8) is 0 Å². The van der Waals surface area contributed by atoms with Gasteiger partial charge in [0.15, 0.2) is 16.0 Å². The molecule has 0 radical (unpaired) electrons. The lowest BCUT2D eigenvalue weighted by Gasteiger charge is -2.25. The summed E-state index contributed by atoms with van der Waals surface area (Å²) in [7, 11) is -1.33. The minimum atomic E-state index is -1.33. The van der Waals surface area contributed by atoms with Crippen LogP contribution in [0.1, 0.15) is 6.92 Å². The lowest BCUT2D eigenvalue weighted by atomic mass is 10.4. The van der Waals surface area contributed by atoms with E-state index in [1.54, 1.807) is 10.9 Å². The number of halogens is 1. The van der Waals surface area contributed by atoms with Gasteiger partial charge in [-0.3, -0.25) is 0 Å². The molecule has 0 fully saturated rings. The second-order valence-corrected chi connectivity index (χ2v) is 12.4. The number of thioether (sulfide) groups is 1. The van der Waals surface area contributed by atoms with Gasteiger partial charge in [-0.05, 0) is 13.2 Å². The molecule has 1 atom stereocenters. The van der Waals surface area contributed by atoms with Crippen molar-refractivity contribution in [2.24, 2.45) is 0 Å². The van der Waals surface area contributed by atoms with Crippen LogP contribution >= 0.6 is 23.4 Å². The van der Waals surface area contributed by atoms with Crippen LogP contribution in [0.15, 0.2) is 11.4 Å². The normalized spacial score (nSPS) is 13.9. The Labute approximate surface area is 129 Å². The Bertz CT molecular complexity index is 613. The van der Waals surface area contributed by atoms with Gasteiger partial charge in [0.25, 0.3) is 0 Å². The minimum absolute atomic E-state index is 0.238. The predicted octanol–water partition coefficient (Wildman–Crippen LogP) is 3.44. The highest BCUT2D eigenvalue weighted by atomic mass is 35.5. The lowest BCUT2D eigenvalue weighted by Crippen LogP contribution is -2.38. The molecular formula is C12H19ClN4OSSi. The first-order valence-corrected chi connectivity index (χ1v) is 11.6. The molecule has 0 bridgehead atoms. The quantitative estimate of drug-likeness (QED) is 0.477. The van der Waals surface area contributed by atoms with E-state index in [0.717, 1.165) is 11.0 Å². The molecule has 2 aromatic rings. The van der Waals surface area contributed by atoms with Crippen LogP contribution in [0.5, 0.6) is 0 Å². The molecular weight excluding hydrogens is 312 g/mol. The molecule has 0 saturated carbocycles. The maximum absolute atomic E-state index is 6.11. The Morgan fingerprint density at radius 1 is 1.45 bits per heavy atom. The summed E-state index contributed by atoms with van der Waals surface area (Å²) < 4.78 is 7.63. The van der Waals surface area contributed by atoms with Crippen molar-refractivity contribution in [3.8, 4) is 0 Å². The third-order valence-corrected chi connectivity index (χ3v) is 6.72. The third-order valence-electron chi connectivity index (χ3n) is 3.27. The van der Waals surface area contributed by atoms with Crippen LogP contribution in [0.3, 0.4) is 0 Å². The monoisotopic (exact) mass is 330 g/mol. The van der Waals surface area contributed by atoms with Crippen LogP contribution in [-0.4, -0.2) is 39.8 Å². The van der Waals surface area contributed by atoms with Crippen molar-refractivity contribution in [3.05, 3.63) is 11.3 Å². The second kappa shape index (κ2) is 6.01. The first kappa shape index (κ1) is 15.8. The van der Waals surface area contributed by atoms with Crippen molar-refractivity contribution in [2.75, 3.05) is 6.26 Å². The summed E-state index contributed by atoms with van der Waals surface area (Å²) in [6.45, 7) is 9.31. The molecule has 8 heteroatoms. The summed E-state index contributed by atoms with van der Waals surface area (Å²) in [5.74, 6) is 0. The average molecular weight is 331 g/mol. The smallest absolute Gasteiger partial charge is 0.189 e. The number of fused-ring (bicyclic) bond motifs is 1. The third kappa shape index (κ3) is 3.33. The molecule has 0 aliphatic heterocycles. The van der Waals surface area contributed by atoms with Crippen LogP contribution < -0.4 is 0 Å². The number of rotatable bonds is 5. The van der Waals surface area contributed by atoms with Crippen molar-refractivity contribution in [2.45, 2.75) is 44.2 Å². The predicted molar refractivity (Wildman–Crippen MR) is 86.0 cm³/mol. The van der Waals surface area contributed by atoms with E-state index < -0.39 is 8.07 Å². The summed E-state index contributed by atoms with van der Waals surface area (Å²) in [6, 6.07) is 0. The van der Waals surface area contributed by atoms with Gasteiger partial charge < -0.3 is 4.74 Å². The molecule has 1 unspecified atom stereocenters. The molecule has 2 rings (SSSR count). The number of aromatic nitrogens is 4. The van der Waals surface area contributed by atoms with Crippen molar-refractivity contribution < 1.29 is 4.74 Å². The highest BCUT2D eigenvalue weighted by Gasteiger charge is 2.23. The second-order valence-electron chi connectivity index (χ2n) is 5.69. The summed E-state index contributed by atoms with van der Waals surface area (Å²) in [4.78, 5) is 8.67.